The molecule has 0 amide bonds. The summed E-state index contributed by atoms with van der Waals surface area (Å²) < 4.78 is 18.9. The molecule has 0 heterocycles. The van der Waals surface area contributed by atoms with Crippen LogP contribution in [0.3, 0.4) is 0 Å². The molecule has 1 rings (SSSR count). The molecule has 0 bridgehead atoms. The Hall–Kier alpha value is -1.89. The highest BCUT2D eigenvalue weighted by molar-refractivity contribution is 5.61. The van der Waals surface area contributed by atoms with Crippen LogP contribution in [0.4, 0.5) is 15.8 Å². The first kappa shape index (κ1) is 15.2. The Kier molecular flexibility index (Phi) is 4.31. The van der Waals surface area contributed by atoms with E-state index in [1.165, 1.54) is 18.1 Å². The van der Waals surface area contributed by atoms with E-state index < -0.39 is 22.0 Å². The standard InChI is InChI=1S/C12H17FN2O4/c1-12(2,7-16)14(3)9-6-11(19-4)10(15(17)18)5-8(9)13/h5-6,16H,7H2,1-4H3. The van der Waals surface area contributed by atoms with Crippen LogP contribution in [0, 0.1) is 15.9 Å². The van der Waals surface area contributed by atoms with Gasteiger partial charge in [-0.1, -0.05) is 0 Å². The SMILES string of the molecule is COc1cc(N(C)C(C)(C)CO)c(F)cc1[N+](=O)[O-]. The average Bonchev–Trinajstić information content (AvgIpc) is 2.37. The number of aliphatic hydroxyl groups is 1. The van der Waals surface area contributed by atoms with E-state index in [2.05, 4.69) is 0 Å². The highest BCUT2D eigenvalue weighted by Crippen LogP contribution is 2.35. The molecule has 7 heteroatoms. The number of nitro groups is 1. The molecule has 0 spiro atoms. The van der Waals surface area contributed by atoms with Gasteiger partial charge in [-0.05, 0) is 13.8 Å². The van der Waals surface area contributed by atoms with E-state index >= 15 is 0 Å². The average molecular weight is 272 g/mol. The maximum absolute atomic E-state index is 14.0. The molecule has 0 saturated heterocycles. The molecule has 0 atom stereocenters. The van der Waals surface area contributed by atoms with Gasteiger partial charge in [0, 0.05) is 13.1 Å². The van der Waals surface area contributed by atoms with E-state index in [4.69, 9.17) is 4.74 Å². The predicted molar refractivity (Wildman–Crippen MR) is 69.2 cm³/mol. The van der Waals surface area contributed by atoms with Crippen molar-refractivity contribution >= 4 is 11.4 Å². The number of anilines is 1. The van der Waals surface area contributed by atoms with Crippen molar-refractivity contribution in [3.05, 3.63) is 28.1 Å². The van der Waals surface area contributed by atoms with Gasteiger partial charge in [0.05, 0.1) is 35.9 Å². The van der Waals surface area contributed by atoms with Crippen molar-refractivity contribution in [3.63, 3.8) is 0 Å². The monoisotopic (exact) mass is 272 g/mol. The maximum atomic E-state index is 14.0. The molecule has 1 aromatic rings. The van der Waals surface area contributed by atoms with Crippen LogP contribution in [0.5, 0.6) is 5.75 Å². The molecular formula is C12H17FN2O4. The minimum absolute atomic E-state index is 0.0259. The zero-order valence-electron chi connectivity index (χ0n) is 11.3. The number of ether oxygens (including phenoxy) is 1. The van der Waals surface area contributed by atoms with Gasteiger partial charge in [-0.3, -0.25) is 10.1 Å². The summed E-state index contributed by atoms with van der Waals surface area (Å²) >= 11 is 0. The molecule has 0 aromatic heterocycles. The summed E-state index contributed by atoms with van der Waals surface area (Å²) in [5, 5.41) is 20.1. The van der Waals surface area contributed by atoms with Crippen LogP contribution in [0.1, 0.15) is 13.8 Å². The molecule has 106 valence electrons. The lowest BCUT2D eigenvalue weighted by Crippen LogP contribution is -2.44. The first-order valence-corrected chi connectivity index (χ1v) is 5.61. The number of benzene rings is 1. The van der Waals surface area contributed by atoms with Gasteiger partial charge in [0.1, 0.15) is 0 Å². The van der Waals surface area contributed by atoms with Gasteiger partial charge in [0.2, 0.25) is 0 Å². The van der Waals surface area contributed by atoms with Crippen molar-refractivity contribution in [3.8, 4) is 5.75 Å². The number of halogens is 1. The van der Waals surface area contributed by atoms with Crippen LogP contribution in [-0.4, -0.2) is 36.3 Å². The number of hydrogen-bond acceptors (Lipinski definition) is 5. The van der Waals surface area contributed by atoms with Crippen molar-refractivity contribution < 1.29 is 19.2 Å². The number of rotatable bonds is 5. The number of hydrogen-bond donors (Lipinski definition) is 1. The van der Waals surface area contributed by atoms with Gasteiger partial charge < -0.3 is 14.7 Å². The fourth-order valence-corrected chi connectivity index (χ4v) is 1.53. The second kappa shape index (κ2) is 5.40. The molecule has 0 aliphatic carbocycles. The second-order valence-corrected chi connectivity index (χ2v) is 4.76. The lowest BCUT2D eigenvalue weighted by atomic mass is 10.0. The lowest BCUT2D eigenvalue weighted by molar-refractivity contribution is -0.385. The highest BCUT2D eigenvalue weighted by Gasteiger charge is 2.28. The van der Waals surface area contributed by atoms with Gasteiger partial charge in [-0.2, -0.15) is 0 Å². The van der Waals surface area contributed by atoms with Crippen molar-refractivity contribution in [2.75, 3.05) is 25.7 Å². The van der Waals surface area contributed by atoms with Crippen molar-refractivity contribution in [1.82, 2.24) is 0 Å². The van der Waals surface area contributed by atoms with E-state index in [1.807, 2.05) is 0 Å². The summed E-state index contributed by atoms with van der Waals surface area (Å²) in [4.78, 5) is 11.6. The quantitative estimate of drug-likeness (QED) is 0.655. The molecule has 6 nitrogen and oxygen atoms in total. The summed E-state index contributed by atoms with van der Waals surface area (Å²) in [5.41, 5.74) is -1.01. The number of likely N-dealkylation sites (N-methyl/N-ethyl adjacent to an activating group) is 1. The number of aliphatic hydroxyl groups excluding tert-OH is 1. The Balaban J connectivity index is 3.35. The molecule has 0 saturated carbocycles. The van der Waals surface area contributed by atoms with Gasteiger partial charge in [-0.25, -0.2) is 4.39 Å². The van der Waals surface area contributed by atoms with Gasteiger partial charge in [0.15, 0.2) is 11.6 Å². The van der Waals surface area contributed by atoms with E-state index in [1.54, 1.807) is 20.9 Å². The summed E-state index contributed by atoms with van der Waals surface area (Å²) in [6.07, 6.45) is 0. The van der Waals surface area contributed by atoms with Crippen LogP contribution in [0.25, 0.3) is 0 Å². The van der Waals surface area contributed by atoms with Gasteiger partial charge in [-0.15, -0.1) is 0 Å². The fraction of sp³-hybridized carbons (Fsp3) is 0.500. The molecule has 1 N–H and O–H groups in total. The van der Waals surface area contributed by atoms with Crippen LogP contribution < -0.4 is 9.64 Å². The number of nitrogens with zero attached hydrogens (tertiary/aromatic N) is 2. The molecule has 0 aliphatic heterocycles. The first-order chi connectivity index (χ1) is 8.74. The Morgan fingerprint density at radius 3 is 2.53 bits per heavy atom. The topological polar surface area (TPSA) is 75.8 Å². The smallest absolute Gasteiger partial charge is 0.313 e. The lowest BCUT2D eigenvalue weighted by Gasteiger charge is -2.36. The molecule has 1 aromatic carbocycles. The van der Waals surface area contributed by atoms with Crippen molar-refractivity contribution in [2.45, 2.75) is 19.4 Å². The van der Waals surface area contributed by atoms with E-state index in [0.717, 1.165) is 6.07 Å². The molecule has 0 aliphatic rings. The number of methoxy groups -OCH3 is 1. The summed E-state index contributed by atoms with van der Waals surface area (Å²) in [7, 11) is 2.88. The summed E-state index contributed by atoms with van der Waals surface area (Å²) in [6.45, 7) is 3.25. The first-order valence-electron chi connectivity index (χ1n) is 5.61. The third-order valence-electron chi connectivity index (χ3n) is 3.10. The fourth-order valence-electron chi connectivity index (χ4n) is 1.53. The Bertz CT molecular complexity index is 491. The van der Waals surface area contributed by atoms with Crippen molar-refractivity contribution in [1.29, 1.82) is 0 Å². The Labute approximate surface area is 110 Å². The van der Waals surface area contributed by atoms with Crippen LogP contribution in [-0.2, 0) is 0 Å². The summed E-state index contributed by atoms with van der Waals surface area (Å²) in [6, 6.07) is 2.07. The van der Waals surface area contributed by atoms with Gasteiger partial charge in [0.25, 0.3) is 0 Å². The minimum atomic E-state index is -0.739. The molecule has 0 radical (unpaired) electrons. The molecule has 19 heavy (non-hydrogen) atoms. The Morgan fingerprint density at radius 1 is 1.53 bits per heavy atom. The summed E-state index contributed by atoms with van der Waals surface area (Å²) in [5.74, 6) is -0.765. The van der Waals surface area contributed by atoms with Crippen LogP contribution >= 0.6 is 0 Å². The third kappa shape index (κ3) is 2.93. The molecular weight excluding hydrogens is 255 g/mol. The van der Waals surface area contributed by atoms with E-state index in [0.29, 0.717) is 0 Å². The van der Waals surface area contributed by atoms with E-state index in [9.17, 15) is 19.6 Å². The zero-order valence-corrected chi connectivity index (χ0v) is 11.3. The normalized spacial score (nSPS) is 11.3. The second-order valence-electron chi connectivity index (χ2n) is 4.76. The minimum Gasteiger partial charge on any atom is -0.490 e. The maximum Gasteiger partial charge on any atom is 0.313 e. The number of nitro benzene ring substituents is 1. The van der Waals surface area contributed by atoms with E-state index in [-0.39, 0.29) is 18.0 Å². The van der Waals surface area contributed by atoms with Gasteiger partial charge >= 0.3 is 5.69 Å². The van der Waals surface area contributed by atoms with Crippen molar-refractivity contribution in [2.24, 2.45) is 0 Å². The third-order valence-corrected chi connectivity index (χ3v) is 3.10. The largest absolute Gasteiger partial charge is 0.490 e. The molecule has 0 fully saturated rings. The Morgan fingerprint density at radius 2 is 2.11 bits per heavy atom. The van der Waals surface area contributed by atoms with Crippen LogP contribution in [0.2, 0.25) is 0 Å². The predicted octanol–water partition coefficient (Wildman–Crippen LogP) is 1.95. The zero-order chi connectivity index (χ0) is 14.8. The highest BCUT2D eigenvalue weighted by atomic mass is 19.1. The van der Waals surface area contributed by atoms with Crippen LogP contribution in [0.15, 0.2) is 12.1 Å². The molecule has 0 unspecified atom stereocenters.